The van der Waals surface area contributed by atoms with Crippen LogP contribution in [0, 0.1) is 0 Å². The van der Waals surface area contributed by atoms with E-state index in [9.17, 15) is 18.0 Å². The van der Waals surface area contributed by atoms with Crippen LogP contribution >= 0.6 is 11.6 Å². The molecule has 0 aliphatic carbocycles. The van der Waals surface area contributed by atoms with Crippen molar-refractivity contribution >= 4 is 33.5 Å². The minimum Gasteiger partial charge on any atom is -0.467 e. The summed E-state index contributed by atoms with van der Waals surface area (Å²) in [5.41, 5.74) is 0.778. The van der Waals surface area contributed by atoms with E-state index in [1.54, 1.807) is 0 Å². The molecule has 1 N–H and O–H groups in total. The largest absolute Gasteiger partial charge is 0.467 e. The summed E-state index contributed by atoms with van der Waals surface area (Å²) in [6, 6.07) is 12.0. The SMILES string of the molecule is COC(=O)[C@@H](Cc1ccccc1)NC(=O)c1cc(S(=O)(=O)N(C)C)ccc1Cl. The fraction of sp³-hybridized carbons (Fsp3) is 0.263. The highest BCUT2D eigenvalue weighted by Crippen LogP contribution is 2.22. The van der Waals surface area contributed by atoms with E-state index in [1.807, 2.05) is 30.3 Å². The standard InChI is InChI=1S/C19H21ClN2O5S/c1-22(2)28(25,26)14-9-10-16(20)15(12-14)18(23)21-17(19(24)27-3)11-13-7-5-4-6-8-13/h4-10,12,17H,11H2,1-3H3,(H,21,23)/t17-/m1/s1. The second-order valence-corrected chi connectivity index (χ2v) is 8.73. The van der Waals surface area contributed by atoms with Crippen molar-refractivity contribution in [2.75, 3.05) is 21.2 Å². The molecule has 1 amide bonds. The normalized spacial score (nSPS) is 12.5. The fourth-order valence-corrected chi connectivity index (χ4v) is 3.60. The van der Waals surface area contributed by atoms with Gasteiger partial charge in [-0.15, -0.1) is 0 Å². The smallest absolute Gasteiger partial charge is 0.328 e. The third kappa shape index (κ3) is 5.09. The molecule has 28 heavy (non-hydrogen) atoms. The summed E-state index contributed by atoms with van der Waals surface area (Å²) < 4.78 is 30.4. The first-order chi connectivity index (χ1) is 13.2. The lowest BCUT2D eigenvalue weighted by Gasteiger charge is -2.18. The molecule has 0 heterocycles. The van der Waals surface area contributed by atoms with Crippen LogP contribution in [-0.2, 0) is 26.0 Å². The van der Waals surface area contributed by atoms with Gasteiger partial charge in [-0.25, -0.2) is 17.5 Å². The predicted octanol–water partition coefficient (Wildman–Crippen LogP) is 2.10. The number of carbonyl (C=O) groups excluding carboxylic acids is 2. The molecular formula is C19H21ClN2O5S. The van der Waals surface area contributed by atoms with Crippen LogP contribution in [0.2, 0.25) is 5.02 Å². The van der Waals surface area contributed by atoms with Crippen molar-refractivity contribution in [1.82, 2.24) is 9.62 Å². The Labute approximate surface area is 169 Å². The minimum absolute atomic E-state index is 0.0495. The first kappa shape index (κ1) is 21.9. The Morgan fingerprint density at radius 2 is 1.79 bits per heavy atom. The van der Waals surface area contributed by atoms with Gasteiger partial charge in [-0.05, 0) is 23.8 Å². The number of hydrogen-bond donors (Lipinski definition) is 1. The van der Waals surface area contributed by atoms with Crippen LogP contribution in [0.1, 0.15) is 15.9 Å². The topological polar surface area (TPSA) is 92.8 Å². The van der Waals surface area contributed by atoms with Gasteiger partial charge in [-0.3, -0.25) is 4.79 Å². The second-order valence-electron chi connectivity index (χ2n) is 6.17. The van der Waals surface area contributed by atoms with Crippen molar-refractivity contribution in [3.8, 4) is 0 Å². The molecule has 0 saturated heterocycles. The number of methoxy groups -OCH3 is 1. The van der Waals surface area contributed by atoms with Crippen LogP contribution in [0.4, 0.5) is 0 Å². The van der Waals surface area contributed by atoms with Crippen molar-refractivity contribution in [1.29, 1.82) is 0 Å². The number of sulfonamides is 1. The molecule has 0 saturated carbocycles. The number of ether oxygens (including phenoxy) is 1. The number of hydrogen-bond acceptors (Lipinski definition) is 5. The number of amides is 1. The van der Waals surface area contributed by atoms with Gasteiger partial charge in [0.05, 0.1) is 22.6 Å². The molecule has 150 valence electrons. The van der Waals surface area contributed by atoms with Crippen LogP contribution in [0.3, 0.4) is 0 Å². The Kier molecular flexibility index (Phi) is 7.17. The highest BCUT2D eigenvalue weighted by atomic mass is 35.5. The molecule has 0 aromatic heterocycles. The molecule has 2 aromatic rings. The summed E-state index contributed by atoms with van der Waals surface area (Å²) in [4.78, 5) is 24.8. The molecule has 2 aromatic carbocycles. The molecule has 0 aliphatic heterocycles. The van der Waals surface area contributed by atoms with Crippen LogP contribution in [0.15, 0.2) is 53.4 Å². The fourth-order valence-electron chi connectivity index (χ4n) is 2.47. The van der Waals surface area contributed by atoms with Gasteiger partial charge < -0.3 is 10.1 Å². The van der Waals surface area contributed by atoms with Crippen LogP contribution in [-0.4, -0.2) is 51.8 Å². The average Bonchev–Trinajstić information content (AvgIpc) is 2.67. The molecule has 9 heteroatoms. The van der Waals surface area contributed by atoms with E-state index in [4.69, 9.17) is 16.3 Å². The lowest BCUT2D eigenvalue weighted by atomic mass is 10.1. The highest BCUT2D eigenvalue weighted by molar-refractivity contribution is 7.89. The average molecular weight is 425 g/mol. The van der Waals surface area contributed by atoms with E-state index in [-0.39, 0.29) is 21.9 Å². The van der Waals surface area contributed by atoms with Gasteiger partial charge in [0.15, 0.2) is 0 Å². The van der Waals surface area contributed by atoms with Crippen molar-refractivity contribution < 1.29 is 22.7 Å². The monoisotopic (exact) mass is 424 g/mol. The zero-order valence-corrected chi connectivity index (χ0v) is 17.3. The maximum absolute atomic E-state index is 12.7. The number of nitrogens with one attached hydrogen (secondary N) is 1. The molecule has 7 nitrogen and oxygen atoms in total. The summed E-state index contributed by atoms with van der Waals surface area (Å²) in [7, 11) is 0.253. The van der Waals surface area contributed by atoms with E-state index in [2.05, 4.69) is 5.32 Å². The van der Waals surface area contributed by atoms with Gasteiger partial charge >= 0.3 is 5.97 Å². The van der Waals surface area contributed by atoms with Crippen LogP contribution in [0.5, 0.6) is 0 Å². The lowest BCUT2D eigenvalue weighted by molar-refractivity contribution is -0.142. The third-order valence-electron chi connectivity index (χ3n) is 4.03. The molecule has 2 rings (SSSR count). The van der Waals surface area contributed by atoms with Gasteiger partial charge in [0.25, 0.3) is 5.91 Å². The van der Waals surface area contributed by atoms with E-state index in [0.29, 0.717) is 0 Å². The summed E-state index contributed by atoms with van der Waals surface area (Å²) >= 11 is 6.09. The van der Waals surface area contributed by atoms with E-state index >= 15 is 0 Å². The van der Waals surface area contributed by atoms with Crippen LogP contribution in [0.25, 0.3) is 0 Å². The summed E-state index contributed by atoms with van der Waals surface area (Å²) in [5.74, 6) is -1.29. The zero-order chi connectivity index (χ0) is 20.9. The number of carbonyl (C=O) groups is 2. The minimum atomic E-state index is -3.74. The maximum Gasteiger partial charge on any atom is 0.328 e. The number of nitrogens with zero attached hydrogens (tertiary/aromatic N) is 1. The van der Waals surface area contributed by atoms with Gasteiger partial charge in [0, 0.05) is 20.5 Å². The van der Waals surface area contributed by atoms with Crippen molar-refractivity contribution in [3.05, 3.63) is 64.7 Å². The molecule has 0 radical (unpaired) electrons. The van der Waals surface area contributed by atoms with Crippen molar-refractivity contribution in [3.63, 3.8) is 0 Å². The zero-order valence-electron chi connectivity index (χ0n) is 15.7. The third-order valence-corrected chi connectivity index (χ3v) is 6.18. The molecule has 0 spiro atoms. The molecular weight excluding hydrogens is 404 g/mol. The van der Waals surface area contributed by atoms with E-state index < -0.39 is 27.9 Å². The summed E-state index contributed by atoms with van der Waals surface area (Å²) in [5, 5.41) is 2.64. The Morgan fingerprint density at radius 1 is 1.14 bits per heavy atom. The Hall–Kier alpha value is -2.42. The maximum atomic E-state index is 12.7. The van der Waals surface area contributed by atoms with E-state index in [0.717, 1.165) is 9.87 Å². The first-order valence-electron chi connectivity index (χ1n) is 8.31. The molecule has 1 atom stereocenters. The van der Waals surface area contributed by atoms with Gasteiger partial charge in [-0.1, -0.05) is 41.9 Å². The van der Waals surface area contributed by atoms with Gasteiger partial charge in [-0.2, -0.15) is 0 Å². The predicted molar refractivity (Wildman–Crippen MR) is 106 cm³/mol. The summed E-state index contributed by atoms with van der Waals surface area (Å²) in [6.07, 6.45) is 0.215. The lowest BCUT2D eigenvalue weighted by Crippen LogP contribution is -2.43. The number of rotatable bonds is 7. The number of benzene rings is 2. The van der Waals surface area contributed by atoms with E-state index in [1.165, 1.54) is 39.4 Å². The Balaban J connectivity index is 2.31. The van der Waals surface area contributed by atoms with Crippen molar-refractivity contribution in [2.45, 2.75) is 17.4 Å². The Bertz CT molecular complexity index is 962. The summed E-state index contributed by atoms with van der Waals surface area (Å²) in [6.45, 7) is 0. The van der Waals surface area contributed by atoms with Crippen molar-refractivity contribution in [2.24, 2.45) is 0 Å². The second kappa shape index (κ2) is 9.18. The molecule has 0 unspecified atom stereocenters. The highest BCUT2D eigenvalue weighted by Gasteiger charge is 2.25. The molecule has 0 aliphatic rings. The van der Waals surface area contributed by atoms with Gasteiger partial charge in [0.1, 0.15) is 6.04 Å². The van der Waals surface area contributed by atoms with Crippen LogP contribution < -0.4 is 5.32 Å². The molecule has 0 fully saturated rings. The number of esters is 1. The molecule has 0 bridgehead atoms. The first-order valence-corrected chi connectivity index (χ1v) is 10.1. The quantitative estimate of drug-likeness (QED) is 0.687. The number of halogens is 1. The Morgan fingerprint density at radius 3 is 2.36 bits per heavy atom. The van der Waals surface area contributed by atoms with Gasteiger partial charge in [0.2, 0.25) is 10.0 Å².